The third-order valence-electron chi connectivity index (χ3n) is 3.03. The summed E-state index contributed by atoms with van der Waals surface area (Å²) in [6.45, 7) is 1.88. The van der Waals surface area contributed by atoms with Crippen LogP contribution in [0.4, 0.5) is 9.57 Å². The minimum atomic E-state index is 0.134. The summed E-state index contributed by atoms with van der Waals surface area (Å²) in [5, 5.41) is 0.847. The van der Waals surface area contributed by atoms with E-state index in [9.17, 15) is 3.89 Å². The fraction of sp³-hybridized carbons (Fsp3) is 0.0769. The first-order valence-corrected chi connectivity index (χ1v) is 6.36. The molecule has 0 bridgehead atoms. The SMILES string of the molecule is Cc1ncnc2c1cc(-c1ccc(N)cc1)n2SF. The zero-order chi connectivity index (χ0) is 13.4. The Morgan fingerprint density at radius 2 is 1.95 bits per heavy atom. The van der Waals surface area contributed by atoms with E-state index in [2.05, 4.69) is 9.97 Å². The fourth-order valence-electron chi connectivity index (χ4n) is 2.04. The van der Waals surface area contributed by atoms with Crippen LogP contribution in [-0.2, 0) is 0 Å². The number of aromatic nitrogens is 3. The van der Waals surface area contributed by atoms with Gasteiger partial charge in [0.25, 0.3) is 0 Å². The van der Waals surface area contributed by atoms with Gasteiger partial charge in [0.15, 0.2) is 18.0 Å². The standard InChI is InChI=1S/C13H11FN4S/c1-8-11-6-12(9-2-4-10(15)5-3-9)18(19-14)13(11)17-7-16-8/h2-7H,15H2,1H3. The molecule has 0 radical (unpaired) electrons. The molecular formula is C13H11FN4S. The number of fused-ring (bicyclic) bond motifs is 1. The van der Waals surface area contributed by atoms with Crippen molar-refractivity contribution in [3.63, 3.8) is 0 Å². The van der Waals surface area contributed by atoms with Crippen LogP contribution >= 0.6 is 12.3 Å². The lowest BCUT2D eigenvalue weighted by atomic mass is 10.1. The van der Waals surface area contributed by atoms with Crippen LogP contribution in [0.15, 0.2) is 36.7 Å². The predicted molar refractivity (Wildman–Crippen MR) is 76.2 cm³/mol. The Balaban J connectivity index is 2.29. The second kappa shape index (κ2) is 4.55. The third kappa shape index (κ3) is 1.94. The lowest BCUT2D eigenvalue weighted by molar-refractivity contribution is 0.920. The molecule has 0 spiro atoms. The average Bonchev–Trinajstić information content (AvgIpc) is 2.79. The van der Waals surface area contributed by atoms with Gasteiger partial charge in [-0.1, -0.05) is 12.1 Å². The highest BCUT2D eigenvalue weighted by atomic mass is 32.2. The molecule has 0 aliphatic heterocycles. The predicted octanol–water partition coefficient (Wildman–Crippen LogP) is 3.37. The average molecular weight is 274 g/mol. The number of aryl methyl sites for hydroxylation is 1. The molecule has 0 amide bonds. The Kier molecular flexibility index (Phi) is 2.87. The number of benzene rings is 1. The van der Waals surface area contributed by atoms with Crippen molar-refractivity contribution in [2.45, 2.75) is 6.92 Å². The summed E-state index contributed by atoms with van der Waals surface area (Å²) in [7, 11) is 0. The van der Waals surface area contributed by atoms with Crippen LogP contribution in [0.2, 0.25) is 0 Å². The molecule has 4 nitrogen and oxygen atoms in total. The molecule has 1 aromatic carbocycles. The van der Waals surface area contributed by atoms with Gasteiger partial charge in [-0.05, 0) is 30.7 Å². The Labute approximate surface area is 113 Å². The zero-order valence-corrected chi connectivity index (χ0v) is 11.0. The van der Waals surface area contributed by atoms with Gasteiger partial charge in [-0.2, -0.15) is 0 Å². The molecule has 0 aliphatic carbocycles. The Hall–Kier alpha value is -2.08. The maximum atomic E-state index is 13.2. The molecule has 96 valence electrons. The number of hydrogen-bond donors (Lipinski definition) is 1. The molecule has 0 saturated carbocycles. The second-order valence-electron chi connectivity index (χ2n) is 4.21. The fourth-order valence-corrected chi connectivity index (χ4v) is 2.48. The molecule has 19 heavy (non-hydrogen) atoms. The summed E-state index contributed by atoms with van der Waals surface area (Å²) in [5.41, 5.74) is 9.37. The number of nitrogens with zero attached hydrogens (tertiary/aromatic N) is 3. The minimum absolute atomic E-state index is 0.134. The summed E-state index contributed by atoms with van der Waals surface area (Å²) >= 11 is 0.134. The Morgan fingerprint density at radius 1 is 1.21 bits per heavy atom. The molecule has 6 heteroatoms. The highest BCUT2D eigenvalue weighted by Crippen LogP contribution is 2.32. The van der Waals surface area contributed by atoms with E-state index in [1.165, 1.54) is 10.3 Å². The normalized spacial score (nSPS) is 11.1. The van der Waals surface area contributed by atoms with Gasteiger partial charge in [0.2, 0.25) is 0 Å². The molecule has 0 saturated heterocycles. The molecule has 3 rings (SSSR count). The van der Waals surface area contributed by atoms with Crippen LogP contribution in [0.25, 0.3) is 22.3 Å². The molecule has 2 N–H and O–H groups in total. The molecular weight excluding hydrogens is 263 g/mol. The van der Waals surface area contributed by atoms with Gasteiger partial charge in [-0.15, -0.1) is 3.89 Å². The Morgan fingerprint density at radius 3 is 2.63 bits per heavy atom. The molecule has 0 atom stereocenters. The summed E-state index contributed by atoms with van der Waals surface area (Å²) < 4.78 is 14.7. The number of nitrogens with two attached hydrogens (primary N) is 1. The summed E-state index contributed by atoms with van der Waals surface area (Å²) in [4.78, 5) is 8.27. The van der Waals surface area contributed by atoms with E-state index in [1.54, 1.807) is 12.1 Å². The maximum Gasteiger partial charge on any atom is 0.171 e. The largest absolute Gasteiger partial charge is 0.399 e. The third-order valence-corrected chi connectivity index (χ3v) is 3.54. The van der Waals surface area contributed by atoms with Gasteiger partial charge in [0, 0.05) is 11.1 Å². The van der Waals surface area contributed by atoms with E-state index in [-0.39, 0.29) is 12.3 Å². The summed E-state index contributed by atoms with van der Waals surface area (Å²) in [6, 6.07) is 9.19. The van der Waals surface area contributed by atoms with Crippen LogP contribution in [0.1, 0.15) is 5.69 Å². The van der Waals surface area contributed by atoms with Crippen molar-refractivity contribution >= 4 is 29.1 Å². The zero-order valence-electron chi connectivity index (χ0n) is 10.2. The van der Waals surface area contributed by atoms with Crippen molar-refractivity contribution in [2.24, 2.45) is 0 Å². The lowest BCUT2D eigenvalue weighted by Gasteiger charge is -2.04. The van der Waals surface area contributed by atoms with Gasteiger partial charge in [-0.25, -0.2) is 13.9 Å². The van der Waals surface area contributed by atoms with Gasteiger partial charge in [-0.3, -0.25) is 0 Å². The highest BCUT2D eigenvalue weighted by molar-refractivity contribution is 7.93. The second-order valence-corrected chi connectivity index (χ2v) is 4.71. The Bertz CT molecular complexity index is 736. The van der Waals surface area contributed by atoms with Crippen molar-refractivity contribution in [1.29, 1.82) is 0 Å². The van der Waals surface area contributed by atoms with Gasteiger partial charge in [0.05, 0.1) is 11.4 Å². The maximum absolute atomic E-state index is 13.2. The van der Waals surface area contributed by atoms with Crippen molar-refractivity contribution in [3.05, 3.63) is 42.4 Å². The number of nitrogen functional groups attached to an aromatic ring is 1. The van der Waals surface area contributed by atoms with E-state index < -0.39 is 0 Å². The lowest BCUT2D eigenvalue weighted by Crippen LogP contribution is -1.91. The molecule has 0 aliphatic rings. The van der Waals surface area contributed by atoms with E-state index in [0.29, 0.717) is 11.3 Å². The van der Waals surface area contributed by atoms with Crippen LogP contribution in [-0.4, -0.2) is 13.9 Å². The highest BCUT2D eigenvalue weighted by Gasteiger charge is 2.14. The number of hydrogen-bond acceptors (Lipinski definition) is 4. The number of rotatable bonds is 2. The van der Waals surface area contributed by atoms with Crippen LogP contribution in [0.5, 0.6) is 0 Å². The van der Waals surface area contributed by atoms with Crippen molar-refractivity contribution in [3.8, 4) is 11.3 Å². The van der Waals surface area contributed by atoms with Gasteiger partial charge in [0.1, 0.15) is 6.33 Å². The molecule has 0 fully saturated rings. The van der Waals surface area contributed by atoms with E-state index >= 15 is 0 Å². The van der Waals surface area contributed by atoms with E-state index in [4.69, 9.17) is 5.73 Å². The molecule has 3 aromatic rings. The molecule has 0 unspecified atom stereocenters. The monoisotopic (exact) mass is 274 g/mol. The summed E-state index contributed by atoms with van der Waals surface area (Å²) in [5.74, 6) is 0. The van der Waals surface area contributed by atoms with Gasteiger partial charge < -0.3 is 5.73 Å². The van der Waals surface area contributed by atoms with Gasteiger partial charge >= 0.3 is 0 Å². The minimum Gasteiger partial charge on any atom is -0.399 e. The van der Waals surface area contributed by atoms with E-state index in [0.717, 1.165) is 22.3 Å². The quantitative estimate of drug-likeness (QED) is 0.728. The van der Waals surface area contributed by atoms with Crippen LogP contribution < -0.4 is 5.73 Å². The van der Waals surface area contributed by atoms with Crippen molar-refractivity contribution in [1.82, 2.24) is 13.9 Å². The topological polar surface area (TPSA) is 56.7 Å². The smallest absolute Gasteiger partial charge is 0.171 e. The number of halogens is 1. The first kappa shape index (κ1) is 12.0. The van der Waals surface area contributed by atoms with Crippen LogP contribution in [0.3, 0.4) is 0 Å². The van der Waals surface area contributed by atoms with Crippen LogP contribution in [0, 0.1) is 6.92 Å². The van der Waals surface area contributed by atoms with Crippen molar-refractivity contribution in [2.75, 3.05) is 5.73 Å². The molecule has 2 aromatic heterocycles. The van der Waals surface area contributed by atoms with E-state index in [1.807, 2.05) is 25.1 Å². The summed E-state index contributed by atoms with van der Waals surface area (Å²) in [6.07, 6.45) is 1.44. The molecule has 2 heterocycles. The first-order valence-electron chi connectivity index (χ1n) is 5.69. The first-order chi connectivity index (χ1) is 9.20. The number of anilines is 1. The van der Waals surface area contributed by atoms with Crippen molar-refractivity contribution < 1.29 is 3.89 Å².